The summed E-state index contributed by atoms with van der Waals surface area (Å²) in [5, 5.41) is 10.1. The van der Waals surface area contributed by atoms with Gasteiger partial charge < -0.3 is 10.6 Å². The van der Waals surface area contributed by atoms with Gasteiger partial charge in [-0.1, -0.05) is 0 Å². The number of amides is 1. The number of hydrogen-bond donors (Lipinski definition) is 2. The van der Waals surface area contributed by atoms with Crippen molar-refractivity contribution in [1.29, 1.82) is 0 Å². The smallest absolute Gasteiger partial charge is 0.233 e. The van der Waals surface area contributed by atoms with E-state index < -0.39 is 0 Å². The molecule has 1 rings (SSSR count). The van der Waals surface area contributed by atoms with Crippen LogP contribution in [0, 0.1) is 0 Å². The summed E-state index contributed by atoms with van der Waals surface area (Å²) in [7, 11) is 0. The van der Waals surface area contributed by atoms with Crippen molar-refractivity contribution in [3.63, 3.8) is 0 Å². The third-order valence-corrected chi connectivity index (χ3v) is 2.42. The number of carbonyl (C=O) groups is 1. The van der Waals surface area contributed by atoms with Crippen molar-refractivity contribution in [3.8, 4) is 0 Å². The first-order valence-electron chi connectivity index (χ1n) is 5.69. The number of carbonyl (C=O) groups excluding carboxylic acids is 1. The molecule has 0 aliphatic heterocycles. The van der Waals surface area contributed by atoms with E-state index in [1.807, 2.05) is 37.8 Å². The Kier molecular flexibility index (Phi) is 4.98. The predicted molar refractivity (Wildman–Crippen MR) is 63.0 cm³/mol. The fourth-order valence-electron chi connectivity index (χ4n) is 1.40. The largest absolute Gasteiger partial charge is 0.355 e. The third-order valence-electron chi connectivity index (χ3n) is 2.42. The van der Waals surface area contributed by atoms with Crippen molar-refractivity contribution < 1.29 is 4.79 Å². The number of aryl methyl sites for hydroxylation is 1. The van der Waals surface area contributed by atoms with Gasteiger partial charge in [-0.3, -0.25) is 9.48 Å². The van der Waals surface area contributed by atoms with Crippen molar-refractivity contribution in [1.82, 2.24) is 20.4 Å². The molecule has 0 aromatic carbocycles. The molecule has 0 aliphatic rings. The number of aromatic nitrogens is 2. The van der Waals surface area contributed by atoms with E-state index >= 15 is 0 Å². The predicted octanol–water partition coefficient (Wildman–Crippen LogP) is 0.690. The van der Waals surface area contributed by atoms with Gasteiger partial charge in [0.2, 0.25) is 5.91 Å². The minimum absolute atomic E-state index is 0.0252. The van der Waals surface area contributed by atoms with Crippen LogP contribution >= 0.6 is 0 Å². The van der Waals surface area contributed by atoms with Crippen LogP contribution in [0.2, 0.25) is 0 Å². The van der Waals surface area contributed by atoms with Crippen molar-refractivity contribution in [2.24, 2.45) is 0 Å². The Morgan fingerprint density at radius 1 is 1.56 bits per heavy atom. The highest BCUT2D eigenvalue weighted by Gasteiger charge is 2.08. The maximum Gasteiger partial charge on any atom is 0.233 e. The van der Waals surface area contributed by atoms with Gasteiger partial charge in [0, 0.05) is 30.9 Å². The molecule has 1 atom stereocenters. The van der Waals surface area contributed by atoms with Crippen molar-refractivity contribution in [2.45, 2.75) is 33.4 Å². The van der Waals surface area contributed by atoms with Crippen LogP contribution in [0.1, 0.15) is 32.4 Å². The summed E-state index contributed by atoms with van der Waals surface area (Å²) in [6.45, 7) is 7.85. The van der Waals surface area contributed by atoms with Crippen LogP contribution in [0.5, 0.6) is 0 Å². The number of nitrogens with zero attached hydrogens (tertiary/aromatic N) is 2. The molecule has 0 radical (unpaired) electrons. The normalized spacial score (nSPS) is 12.4. The topological polar surface area (TPSA) is 59.0 Å². The summed E-state index contributed by atoms with van der Waals surface area (Å²) in [6, 6.07) is 0.142. The molecule has 0 aliphatic carbocycles. The van der Waals surface area contributed by atoms with Gasteiger partial charge in [0.1, 0.15) is 0 Å². The summed E-state index contributed by atoms with van der Waals surface area (Å²) in [6.07, 6.45) is 3.83. The van der Waals surface area contributed by atoms with Crippen LogP contribution in [0.15, 0.2) is 12.4 Å². The molecule has 0 bridgehead atoms. The number of nitrogens with one attached hydrogen (secondary N) is 2. The van der Waals surface area contributed by atoms with Crippen LogP contribution in [-0.2, 0) is 11.3 Å². The maximum atomic E-state index is 11.2. The van der Waals surface area contributed by atoms with Crippen LogP contribution in [0.3, 0.4) is 0 Å². The molecule has 0 spiro atoms. The first kappa shape index (κ1) is 12.7. The van der Waals surface area contributed by atoms with Gasteiger partial charge in [-0.05, 0) is 20.8 Å². The average molecular weight is 224 g/mol. The van der Waals surface area contributed by atoms with E-state index in [9.17, 15) is 4.79 Å². The molecule has 1 amide bonds. The summed E-state index contributed by atoms with van der Waals surface area (Å²) in [5.74, 6) is 0.0252. The highest BCUT2D eigenvalue weighted by atomic mass is 16.1. The lowest BCUT2D eigenvalue weighted by atomic mass is 10.2. The first-order chi connectivity index (χ1) is 7.67. The van der Waals surface area contributed by atoms with E-state index in [-0.39, 0.29) is 11.9 Å². The lowest BCUT2D eigenvalue weighted by molar-refractivity contribution is -0.120. The molecule has 5 heteroatoms. The van der Waals surface area contributed by atoms with Gasteiger partial charge in [-0.2, -0.15) is 5.10 Å². The summed E-state index contributed by atoms with van der Waals surface area (Å²) >= 11 is 0. The molecule has 90 valence electrons. The molecule has 0 fully saturated rings. The molecule has 1 heterocycles. The molecule has 1 aromatic rings. The Bertz CT molecular complexity index is 334. The fraction of sp³-hybridized carbons (Fsp3) is 0.636. The fourth-order valence-corrected chi connectivity index (χ4v) is 1.40. The summed E-state index contributed by atoms with van der Waals surface area (Å²) in [5.41, 5.74) is 1.10. The van der Waals surface area contributed by atoms with Crippen LogP contribution in [-0.4, -0.2) is 28.8 Å². The standard InChI is InChI=1S/C11H20N4O/c1-4-12-11(16)7-13-9(3)10-6-14-15(5-2)8-10/h6,8-9,13H,4-5,7H2,1-3H3,(H,12,16). The second kappa shape index (κ2) is 6.27. The Balaban J connectivity index is 2.40. The minimum Gasteiger partial charge on any atom is -0.355 e. The molecule has 16 heavy (non-hydrogen) atoms. The quantitative estimate of drug-likeness (QED) is 0.747. The van der Waals surface area contributed by atoms with E-state index in [4.69, 9.17) is 0 Å². The van der Waals surface area contributed by atoms with Gasteiger partial charge >= 0.3 is 0 Å². The number of likely N-dealkylation sites (N-methyl/N-ethyl adjacent to an activating group) is 1. The minimum atomic E-state index is 0.0252. The Labute approximate surface area is 96.2 Å². The Hall–Kier alpha value is -1.36. The summed E-state index contributed by atoms with van der Waals surface area (Å²) < 4.78 is 1.87. The lowest BCUT2D eigenvalue weighted by Crippen LogP contribution is -2.34. The van der Waals surface area contributed by atoms with Gasteiger partial charge in [-0.25, -0.2) is 0 Å². The molecular weight excluding hydrogens is 204 g/mol. The summed E-state index contributed by atoms with van der Waals surface area (Å²) in [4.78, 5) is 11.2. The Morgan fingerprint density at radius 2 is 2.31 bits per heavy atom. The van der Waals surface area contributed by atoms with Crippen LogP contribution in [0.4, 0.5) is 0 Å². The zero-order valence-electron chi connectivity index (χ0n) is 10.2. The van der Waals surface area contributed by atoms with Crippen LogP contribution in [0.25, 0.3) is 0 Å². The van der Waals surface area contributed by atoms with Crippen molar-refractivity contribution in [2.75, 3.05) is 13.1 Å². The second-order valence-electron chi connectivity index (χ2n) is 3.69. The van der Waals surface area contributed by atoms with E-state index in [2.05, 4.69) is 15.7 Å². The second-order valence-corrected chi connectivity index (χ2v) is 3.69. The van der Waals surface area contributed by atoms with E-state index in [1.165, 1.54) is 0 Å². The van der Waals surface area contributed by atoms with Crippen molar-refractivity contribution >= 4 is 5.91 Å². The van der Waals surface area contributed by atoms with E-state index in [1.54, 1.807) is 0 Å². The van der Waals surface area contributed by atoms with Gasteiger partial charge in [0.15, 0.2) is 0 Å². The highest BCUT2D eigenvalue weighted by molar-refractivity contribution is 5.77. The monoisotopic (exact) mass is 224 g/mol. The van der Waals surface area contributed by atoms with Crippen molar-refractivity contribution in [3.05, 3.63) is 18.0 Å². The molecule has 2 N–H and O–H groups in total. The van der Waals surface area contributed by atoms with Gasteiger partial charge in [0.05, 0.1) is 12.7 Å². The zero-order chi connectivity index (χ0) is 12.0. The van der Waals surface area contributed by atoms with E-state index in [0.29, 0.717) is 13.1 Å². The molecule has 1 unspecified atom stereocenters. The molecule has 0 saturated carbocycles. The van der Waals surface area contributed by atoms with Crippen LogP contribution < -0.4 is 10.6 Å². The average Bonchev–Trinajstić information content (AvgIpc) is 2.75. The number of rotatable bonds is 6. The molecule has 0 saturated heterocycles. The highest BCUT2D eigenvalue weighted by Crippen LogP contribution is 2.09. The Morgan fingerprint density at radius 3 is 2.88 bits per heavy atom. The lowest BCUT2D eigenvalue weighted by Gasteiger charge is -2.11. The number of hydrogen-bond acceptors (Lipinski definition) is 3. The SMILES string of the molecule is CCNC(=O)CNC(C)c1cnn(CC)c1. The molecular formula is C11H20N4O. The van der Waals surface area contributed by atoms with Gasteiger partial charge in [0.25, 0.3) is 0 Å². The van der Waals surface area contributed by atoms with Gasteiger partial charge in [-0.15, -0.1) is 0 Å². The molecule has 1 aromatic heterocycles. The maximum absolute atomic E-state index is 11.2. The molecule has 5 nitrogen and oxygen atoms in total. The zero-order valence-corrected chi connectivity index (χ0v) is 10.2. The first-order valence-corrected chi connectivity index (χ1v) is 5.69. The van der Waals surface area contributed by atoms with E-state index in [0.717, 1.165) is 12.1 Å². The third kappa shape index (κ3) is 3.66.